The van der Waals surface area contributed by atoms with Crippen molar-refractivity contribution >= 4 is 5.97 Å². The molecular weight excluding hydrogens is 252 g/mol. The first-order valence-corrected chi connectivity index (χ1v) is 6.92. The minimum atomic E-state index is -1.35. The van der Waals surface area contributed by atoms with Crippen LogP contribution < -0.4 is 0 Å². The molecule has 0 radical (unpaired) electrons. The smallest absolute Gasteiger partial charge is 0.317 e. The van der Waals surface area contributed by atoms with Crippen LogP contribution in [0.25, 0.3) is 0 Å². The maximum atomic E-state index is 12.2. The number of aliphatic carboxylic acids is 1. The SMILES string of the molecule is CC(C)(C)C(O)C(C(=O)O)(c1ccccc1)C(C)(C)C. The second-order valence-electron chi connectivity index (χ2n) is 7.50. The van der Waals surface area contributed by atoms with E-state index in [1.807, 2.05) is 59.7 Å². The third kappa shape index (κ3) is 2.59. The zero-order valence-corrected chi connectivity index (χ0v) is 13.3. The maximum absolute atomic E-state index is 12.2. The average Bonchev–Trinajstić information content (AvgIpc) is 2.27. The van der Waals surface area contributed by atoms with Crippen molar-refractivity contribution in [1.82, 2.24) is 0 Å². The van der Waals surface area contributed by atoms with Crippen molar-refractivity contribution in [3.05, 3.63) is 35.9 Å². The highest BCUT2D eigenvalue weighted by molar-refractivity contribution is 5.83. The van der Waals surface area contributed by atoms with Crippen LogP contribution in [0.1, 0.15) is 47.1 Å². The molecule has 0 saturated carbocycles. The van der Waals surface area contributed by atoms with Gasteiger partial charge in [0.15, 0.2) is 0 Å². The lowest BCUT2D eigenvalue weighted by atomic mass is 9.55. The van der Waals surface area contributed by atoms with Crippen molar-refractivity contribution < 1.29 is 15.0 Å². The van der Waals surface area contributed by atoms with Crippen LogP contribution in [-0.2, 0) is 10.2 Å². The van der Waals surface area contributed by atoms with Gasteiger partial charge in [0, 0.05) is 0 Å². The maximum Gasteiger partial charge on any atom is 0.317 e. The van der Waals surface area contributed by atoms with E-state index in [2.05, 4.69) is 0 Å². The van der Waals surface area contributed by atoms with Crippen molar-refractivity contribution in [3.8, 4) is 0 Å². The van der Waals surface area contributed by atoms with Crippen molar-refractivity contribution in [3.63, 3.8) is 0 Å². The summed E-state index contributed by atoms with van der Waals surface area (Å²) in [5, 5.41) is 20.9. The van der Waals surface area contributed by atoms with Crippen molar-refractivity contribution in [1.29, 1.82) is 0 Å². The van der Waals surface area contributed by atoms with Gasteiger partial charge >= 0.3 is 5.97 Å². The summed E-state index contributed by atoms with van der Waals surface area (Å²) in [7, 11) is 0. The summed E-state index contributed by atoms with van der Waals surface area (Å²) in [6.45, 7) is 11.2. The Balaban J connectivity index is 3.67. The molecule has 2 atom stereocenters. The molecule has 0 bridgehead atoms. The van der Waals surface area contributed by atoms with E-state index in [1.54, 1.807) is 12.1 Å². The molecule has 0 heterocycles. The molecule has 0 aromatic heterocycles. The van der Waals surface area contributed by atoms with E-state index in [9.17, 15) is 15.0 Å². The van der Waals surface area contributed by atoms with E-state index in [0.29, 0.717) is 5.56 Å². The fraction of sp³-hybridized carbons (Fsp3) is 0.588. The standard InChI is InChI=1S/C17H26O3/c1-15(2,3)13(18)17(14(19)20,16(4,5)6)12-10-8-7-9-11-12/h7-11,13,18H,1-6H3,(H,19,20). The number of rotatable bonds is 3. The molecule has 1 aromatic carbocycles. The molecule has 1 rings (SSSR count). The van der Waals surface area contributed by atoms with Crippen LogP contribution in [0, 0.1) is 10.8 Å². The van der Waals surface area contributed by atoms with Gasteiger partial charge in [0.2, 0.25) is 0 Å². The van der Waals surface area contributed by atoms with Crippen LogP contribution >= 0.6 is 0 Å². The molecule has 0 fully saturated rings. The Morgan fingerprint density at radius 1 is 1.00 bits per heavy atom. The van der Waals surface area contributed by atoms with Crippen LogP contribution in [-0.4, -0.2) is 22.3 Å². The molecule has 2 unspecified atom stereocenters. The molecule has 2 N–H and O–H groups in total. The fourth-order valence-electron chi connectivity index (χ4n) is 2.91. The molecule has 0 saturated heterocycles. The van der Waals surface area contributed by atoms with Gasteiger partial charge in [-0.05, 0) is 16.4 Å². The monoisotopic (exact) mass is 278 g/mol. The van der Waals surface area contributed by atoms with Crippen LogP contribution in [0.3, 0.4) is 0 Å². The van der Waals surface area contributed by atoms with E-state index in [4.69, 9.17) is 0 Å². The number of carboxylic acid groups (broad SMARTS) is 1. The lowest BCUT2D eigenvalue weighted by molar-refractivity contribution is -0.162. The molecular formula is C17H26O3. The molecule has 0 aliphatic carbocycles. The number of aliphatic hydroxyl groups excluding tert-OH is 1. The molecule has 3 heteroatoms. The summed E-state index contributed by atoms with van der Waals surface area (Å²) in [5.41, 5.74) is -1.89. The topological polar surface area (TPSA) is 57.5 Å². The largest absolute Gasteiger partial charge is 0.480 e. The third-order valence-electron chi connectivity index (χ3n) is 3.98. The predicted molar refractivity (Wildman–Crippen MR) is 80.7 cm³/mol. The summed E-state index contributed by atoms with van der Waals surface area (Å²) in [4.78, 5) is 12.2. The second kappa shape index (κ2) is 5.21. The summed E-state index contributed by atoms with van der Waals surface area (Å²) < 4.78 is 0. The number of carboxylic acids is 1. The number of benzene rings is 1. The first kappa shape index (κ1) is 16.7. The van der Waals surface area contributed by atoms with E-state index in [-0.39, 0.29) is 0 Å². The summed E-state index contributed by atoms with van der Waals surface area (Å²) >= 11 is 0. The quantitative estimate of drug-likeness (QED) is 0.890. The minimum absolute atomic E-state index is 0.540. The Bertz CT molecular complexity index is 465. The van der Waals surface area contributed by atoms with Gasteiger partial charge in [-0.15, -0.1) is 0 Å². The van der Waals surface area contributed by atoms with Gasteiger partial charge < -0.3 is 10.2 Å². The van der Waals surface area contributed by atoms with Crippen molar-refractivity contribution in [2.24, 2.45) is 10.8 Å². The number of hydrogen-bond acceptors (Lipinski definition) is 2. The Hall–Kier alpha value is -1.35. The van der Waals surface area contributed by atoms with Gasteiger partial charge in [-0.25, -0.2) is 0 Å². The van der Waals surface area contributed by atoms with E-state index in [1.165, 1.54) is 0 Å². The van der Waals surface area contributed by atoms with Gasteiger partial charge in [-0.3, -0.25) is 4.79 Å². The second-order valence-corrected chi connectivity index (χ2v) is 7.50. The van der Waals surface area contributed by atoms with Gasteiger partial charge in [0.05, 0.1) is 6.10 Å². The Morgan fingerprint density at radius 3 is 1.75 bits per heavy atom. The molecule has 0 aliphatic heterocycles. The van der Waals surface area contributed by atoms with Gasteiger partial charge in [0.25, 0.3) is 0 Å². The van der Waals surface area contributed by atoms with Crippen LogP contribution in [0.4, 0.5) is 0 Å². The highest BCUT2D eigenvalue weighted by Crippen LogP contribution is 2.49. The number of carbonyl (C=O) groups is 1. The predicted octanol–water partition coefficient (Wildman–Crippen LogP) is 3.46. The molecule has 3 nitrogen and oxygen atoms in total. The number of aliphatic hydroxyl groups is 1. The molecule has 0 amide bonds. The molecule has 0 spiro atoms. The van der Waals surface area contributed by atoms with Crippen LogP contribution in [0.15, 0.2) is 30.3 Å². The van der Waals surface area contributed by atoms with Crippen molar-refractivity contribution in [2.75, 3.05) is 0 Å². The van der Waals surface area contributed by atoms with Crippen molar-refractivity contribution in [2.45, 2.75) is 53.1 Å². The lowest BCUT2D eigenvalue weighted by Crippen LogP contribution is -2.59. The average molecular weight is 278 g/mol. The van der Waals surface area contributed by atoms with E-state index in [0.717, 1.165) is 0 Å². The van der Waals surface area contributed by atoms with Gasteiger partial charge in [-0.1, -0.05) is 71.9 Å². The molecule has 1 aromatic rings. The minimum Gasteiger partial charge on any atom is -0.480 e. The van der Waals surface area contributed by atoms with E-state index < -0.39 is 28.3 Å². The van der Waals surface area contributed by atoms with Crippen LogP contribution in [0.2, 0.25) is 0 Å². The summed E-state index contributed by atoms with van der Waals surface area (Å²) in [6.07, 6.45) is -1.00. The molecule has 0 aliphatic rings. The third-order valence-corrected chi connectivity index (χ3v) is 3.98. The Kier molecular flexibility index (Phi) is 4.35. The first-order valence-electron chi connectivity index (χ1n) is 6.92. The van der Waals surface area contributed by atoms with Gasteiger partial charge in [0.1, 0.15) is 5.41 Å². The van der Waals surface area contributed by atoms with Crippen LogP contribution in [0.5, 0.6) is 0 Å². The highest BCUT2D eigenvalue weighted by atomic mass is 16.4. The van der Waals surface area contributed by atoms with Gasteiger partial charge in [-0.2, -0.15) is 0 Å². The summed E-state index contributed by atoms with van der Waals surface area (Å²) in [6, 6.07) is 9.05. The Morgan fingerprint density at radius 2 is 1.45 bits per heavy atom. The summed E-state index contributed by atoms with van der Waals surface area (Å²) in [5.74, 6) is -0.987. The lowest BCUT2D eigenvalue weighted by Gasteiger charge is -2.49. The normalized spacial score (nSPS) is 17.4. The number of hydrogen-bond donors (Lipinski definition) is 2. The zero-order chi connectivity index (χ0) is 15.8. The first-order chi connectivity index (χ1) is 8.95. The highest BCUT2D eigenvalue weighted by Gasteiger charge is 2.58. The van der Waals surface area contributed by atoms with E-state index >= 15 is 0 Å². The zero-order valence-electron chi connectivity index (χ0n) is 13.3. The fourth-order valence-corrected chi connectivity index (χ4v) is 2.91. The molecule has 20 heavy (non-hydrogen) atoms. The molecule has 112 valence electrons. The Labute approximate surface area is 121 Å².